The molecule has 0 unspecified atom stereocenters. The summed E-state index contributed by atoms with van der Waals surface area (Å²) in [6.07, 6.45) is -0.207. The van der Waals surface area contributed by atoms with E-state index in [1.165, 1.54) is 18.2 Å². The third-order valence-electron chi connectivity index (χ3n) is 1.97. The molecular weight excluding hydrogens is 196 g/mol. The molecule has 0 fully saturated rings. The van der Waals surface area contributed by atoms with Crippen molar-refractivity contribution < 1.29 is 14.7 Å². The van der Waals surface area contributed by atoms with Gasteiger partial charge in [-0.15, -0.1) is 0 Å². The summed E-state index contributed by atoms with van der Waals surface area (Å²) in [5.41, 5.74) is 12.1. The zero-order chi connectivity index (χ0) is 11.4. The van der Waals surface area contributed by atoms with E-state index in [0.717, 1.165) is 0 Å². The quantitative estimate of drug-likeness (QED) is 0.503. The zero-order valence-corrected chi connectivity index (χ0v) is 8.06. The first-order chi connectivity index (χ1) is 7.00. The van der Waals surface area contributed by atoms with Gasteiger partial charge in [-0.1, -0.05) is 0 Å². The fourth-order valence-corrected chi connectivity index (χ4v) is 1.11. The van der Waals surface area contributed by atoms with Gasteiger partial charge in [-0.05, 0) is 18.2 Å². The number of hydrogen-bond donors (Lipinski definition) is 3. The second-order valence-corrected chi connectivity index (χ2v) is 3.16. The first-order valence-corrected chi connectivity index (χ1v) is 4.40. The number of carbonyl (C=O) groups excluding carboxylic acids is 1. The third kappa shape index (κ3) is 2.98. The van der Waals surface area contributed by atoms with Crippen molar-refractivity contribution in [3.05, 3.63) is 23.8 Å². The monoisotopic (exact) mass is 208 g/mol. The SMILES string of the molecule is Nc1ccc(C(=O)CCC(=O)O)cc1N. The third-order valence-corrected chi connectivity index (χ3v) is 1.97. The topological polar surface area (TPSA) is 106 Å². The van der Waals surface area contributed by atoms with E-state index in [1.807, 2.05) is 0 Å². The first-order valence-electron chi connectivity index (χ1n) is 4.40. The van der Waals surface area contributed by atoms with Gasteiger partial charge in [-0.25, -0.2) is 0 Å². The predicted molar refractivity (Wildman–Crippen MR) is 56.5 cm³/mol. The highest BCUT2D eigenvalue weighted by molar-refractivity contribution is 5.98. The molecule has 0 bridgehead atoms. The van der Waals surface area contributed by atoms with Gasteiger partial charge in [0.1, 0.15) is 0 Å². The number of Topliss-reactive ketones (excluding diaryl/α,β-unsaturated/α-hetero) is 1. The lowest BCUT2D eigenvalue weighted by Crippen LogP contribution is -2.05. The highest BCUT2D eigenvalue weighted by Crippen LogP contribution is 2.17. The molecule has 0 aliphatic heterocycles. The molecule has 0 radical (unpaired) electrons. The minimum atomic E-state index is -0.994. The second-order valence-electron chi connectivity index (χ2n) is 3.16. The van der Waals surface area contributed by atoms with Crippen molar-refractivity contribution >= 4 is 23.1 Å². The van der Waals surface area contributed by atoms with Crippen LogP contribution in [0.4, 0.5) is 11.4 Å². The average Bonchev–Trinajstić information content (AvgIpc) is 2.18. The number of ketones is 1. The van der Waals surface area contributed by atoms with Crippen molar-refractivity contribution in [2.45, 2.75) is 12.8 Å². The fourth-order valence-electron chi connectivity index (χ4n) is 1.11. The molecule has 0 heterocycles. The van der Waals surface area contributed by atoms with Crippen LogP contribution < -0.4 is 11.5 Å². The smallest absolute Gasteiger partial charge is 0.303 e. The van der Waals surface area contributed by atoms with Crippen LogP contribution in [0.1, 0.15) is 23.2 Å². The summed E-state index contributed by atoms with van der Waals surface area (Å²) in [5, 5.41) is 8.41. The molecule has 1 rings (SSSR count). The average molecular weight is 208 g/mol. The van der Waals surface area contributed by atoms with Crippen LogP contribution in [0.15, 0.2) is 18.2 Å². The molecule has 5 heteroatoms. The van der Waals surface area contributed by atoms with E-state index in [4.69, 9.17) is 16.6 Å². The van der Waals surface area contributed by atoms with E-state index < -0.39 is 5.97 Å². The number of carbonyl (C=O) groups is 2. The number of rotatable bonds is 4. The van der Waals surface area contributed by atoms with E-state index in [0.29, 0.717) is 16.9 Å². The van der Waals surface area contributed by atoms with Gasteiger partial charge >= 0.3 is 5.97 Å². The second kappa shape index (κ2) is 4.45. The Labute approximate surface area is 86.7 Å². The number of nitrogens with two attached hydrogens (primary N) is 2. The molecule has 5 nitrogen and oxygen atoms in total. The van der Waals surface area contributed by atoms with Crippen LogP contribution in [0.5, 0.6) is 0 Å². The molecule has 0 atom stereocenters. The Kier molecular flexibility index (Phi) is 3.28. The summed E-state index contributed by atoms with van der Waals surface area (Å²) >= 11 is 0. The molecule has 1 aromatic carbocycles. The standard InChI is InChI=1S/C10H12N2O3/c11-7-2-1-6(5-8(7)12)9(13)3-4-10(14)15/h1-2,5H,3-4,11-12H2,(H,14,15). The van der Waals surface area contributed by atoms with Gasteiger partial charge in [0.2, 0.25) is 0 Å². The van der Waals surface area contributed by atoms with Crippen molar-refractivity contribution in [2.24, 2.45) is 0 Å². The molecular formula is C10H12N2O3. The number of carboxylic acid groups (broad SMARTS) is 1. The molecule has 0 aliphatic rings. The number of benzene rings is 1. The normalized spacial score (nSPS) is 9.87. The Hall–Kier alpha value is -2.04. The van der Waals surface area contributed by atoms with Crippen LogP contribution in [0, 0.1) is 0 Å². The molecule has 80 valence electrons. The summed E-state index contributed by atoms with van der Waals surface area (Å²) in [7, 11) is 0. The number of hydrogen-bond acceptors (Lipinski definition) is 4. The summed E-state index contributed by atoms with van der Waals surface area (Å²) in [6, 6.07) is 4.53. The minimum Gasteiger partial charge on any atom is -0.481 e. The largest absolute Gasteiger partial charge is 0.481 e. The number of carboxylic acids is 1. The Balaban J connectivity index is 2.74. The molecule has 0 spiro atoms. The first kappa shape index (κ1) is 11.0. The molecule has 1 aromatic rings. The Morgan fingerprint density at radius 1 is 1.13 bits per heavy atom. The maximum absolute atomic E-state index is 11.5. The van der Waals surface area contributed by atoms with Crippen molar-refractivity contribution in [1.29, 1.82) is 0 Å². The number of nitrogen functional groups attached to an aromatic ring is 2. The van der Waals surface area contributed by atoms with Gasteiger partial charge in [-0.2, -0.15) is 0 Å². The molecule has 0 saturated carbocycles. The summed E-state index contributed by atoms with van der Waals surface area (Å²) in [5.74, 6) is -1.24. The Bertz CT molecular complexity index is 402. The van der Waals surface area contributed by atoms with Gasteiger partial charge < -0.3 is 16.6 Å². The van der Waals surface area contributed by atoms with E-state index in [1.54, 1.807) is 0 Å². The maximum Gasteiger partial charge on any atom is 0.303 e. The zero-order valence-electron chi connectivity index (χ0n) is 8.06. The lowest BCUT2D eigenvalue weighted by Gasteiger charge is -2.03. The molecule has 5 N–H and O–H groups in total. The maximum atomic E-state index is 11.5. The van der Waals surface area contributed by atoms with E-state index >= 15 is 0 Å². The van der Waals surface area contributed by atoms with Gasteiger partial charge in [0.15, 0.2) is 5.78 Å². The Morgan fingerprint density at radius 2 is 1.80 bits per heavy atom. The van der Waals surface area contributed by atoms with Gasteiger partial charge in [0.05, 0.1) is 17.8 Å². The van der Waals surface area contributed by atoms with Crippen molar-refractivity contribution in [2.75, 3.05) is 11.5 Å². The van der Waals surface area contributed by atoms with E-state index in [2.05, 4.69) is 0 Å². The summed E-state index contributed by atoms with van der Waals surface area (Å²) in [4.78, 5) is 21.7. The predicted octanol–water partition coefficient (Wildman–Crippen LogP) is 0.899. The molecule has 15 heavy (non-hydrogen) atoms. The van der Waals surface area contributed by atoms with Crippen molar-refractivity contribution in [3.63, 3.8) is 0 Å². The molecule has 0 saturated heterocycles. The van der Waals surface area contributed by atoms with Crippen LogP contribution in [0.2, 0.25) is 0 Å². The van der Waals surface area contributed by atoms with Crippen molar-refractivity contribution in [3.8, 4) is 0 Å². The lowest BCUT2D eigenvalue weighted by molar-refractivity contribution is -0.136. The fraction of sp³-hybridized carbons (Fsp3) is 0.200. The number of aliphatic carboxylic acids is 1. The molecule has 0 aliphatic carbocycles. The van der Waals surface area contributed by atoms with Crippen LogP contribution >= 0.6 is 0 Å². The van der Waals surface area contributed by atoms with Crippen LogP contribution in [0.3, 0.4) is 0 Å². The minimum absolute atomic E-state index is 0.0291. The molecule has 0 amide bonds. The lowest BCUT2D eigenvalue weighted by atomic mass is 10.1. The molecule has 0 aromatic heterocycles. The highest BCUT2D eigenvalue weighted by atomic mass is 16.4. The van der Waals surface area contributed by atoms with Gasteiger partial charge in [0.25, 0.3) is 0 Å². The van der Waals surface area contributed by atoms with Crippen LogP contribution in [0.25, 0.3) is 0 Å². The van der Waals surface area contributed by atoms with E-state index in [9.17, 15) is 9.59 Å². The van der Waals surface area contributed by atoms with Crippen molar-refractivity contribution in [1.82, 2.24) is 0 Å². The number of anilines is 2. The van der Waals surface area contributed by atoms with Crippen LogP contribution in [-0.2, 0) is 4.79 Å². The van der Waals surface area contributed by atoms with Gasteiger partial charge in [-0.3, -0.25) is 9.59 Å². The summed E-state index contributed by atoms with van der Waals surface area (Å²) < 4.78 is 0. The summed E-state index contributed by atoms with van der Waals surface area (Å²) in [6.45, 7) is 0. The van der Waals surface area contributed by atoms with Crippen LogP contribution in [-0.4, -0.2) is 16.9 Å². The van der Waals surface area contributed by atoms with Gasteiger partial charge in [0, 0.05) is 12.0 Å². The van der Waals surface area contributed by atoms with E-state index in [-0.39, 0.29) is 18.6 Å². The Morgan fingerprint density at radius 3 is 2.33 bits per heavy atom. The highest BCUT2D eigenvalue weighted by Gasteiger charge is 2.09.